The summed E-state index contributed by atoms with van der Waals surface area (Å²) < 4.78 is 0. The maximum Gasteiger partial charge on any atom is 0.356 e. The molecule has 0 saturated carbocycles. The Kier molecular flexibility index (Phi) is 2.35. The molecular formula is C9H7NO2S2. The van der Waals surface area contributed by atoms with E-state index in [0.717, 1.165) is 14.8 Å². The lowest BCUT2D eigenvalue weighted by molar-refractivity contribution is 0.0692. The average Bonchev–Trinajstić information content (AvgIpc) is 2.70. The summed E-state index contributed by atoms with van der Waals surface area (Å²) in [5, 5.41) is 11.6. The summed E-state index contributed by atoms with van der Waals surface area (Å²) in [6.07, 6.45) is 0. The lowest BCUT2D eigenvalue weighted by Crippen LogP contribution is -1.98. The maximum atomic E-state index is 10.9. The zero-order chi connectivity index (χ0) is 10.1. The van der Waals surface area contributed by atoms with E-state index in [1.807, 2.05) is 24.4 Å². The second-order valence-electron chi connectivity index (χ2n) is 2.69. The minimum Gasteiger partial charge on any atom is -0.476 e. The van der Waals surface area contributed by atoms with Crippen LogP contribution in [0, 0.1) is 6.92 Å². The van der Waals surface area contributed by atoms with Crippen LogP contribution in [0.4, 0.5) is 0 Å². The number of thiophene rings is 1. The third-order valence-corrected chi connectivity index (χ3v) is 3.70. The Hall–Kier alpha value is -1.20. The number of thiazole rings is 1. The molecule has 0 saturated heterocycles. The summed E-state index contributed by atoms with van der Waals surface area (Å²) >= 11 is 2.95. The minimum atomic E-state index is -0.960. The van der Waals surface area contributed by atoms with Crippen molar-refractivity contribution >= 4 is 28.6 Å². The highest BCUT2D eigenvalue weighted by molar-refractivity contribution is 7.21. The molecule has 0 aliphatic carbocycles. The number of carboxylic acid groups (broad SMARTS) is 1. The first-order valence-electron chi connectivity index (χ1n) is 3.93. The second kappa shape index (κ2) is 3.51. The van der Waals surface area contributed by atoms with Crippen LogP contribution in [-0.2, 0) is 0 Å². The number of rotatable bonds is 2. The van der Waals surface area contributed by atoms with Gasteiger partial charge in [-0.2, -0.15) is 0 Å². The van der Waals surface area contributed by atoms with E-state index < -0.39 is 5.97 Å². The highest BCUT2D eigenvalue weighted by Crippen LogP contribution is 2.33. The van der Waals surface area contributed by atoms with Crippen LogP contribution in [0.25, 0.3) is 9.75 Å². The van der Waals surface area contributed by atoms with Crippen molar-refractivity contribution in [3.63, 3.8) is 0 Å². The predicted octanol–water partition coefficient (Wildman–Crippen LogP) is 2.88. The average molecular weight is 225 g/mol. The molecule has 14 heavy (non-hydrogen) atoms. The molecule has 0 aliphatic heterocycles. The van der Waals surface area contributed by atoms with Crippen LogP contribution in [0.5, 0.6) is 0 Å². The normalized spacial score (nSPS) is 10.4. The number of nitrogens with zero attached hydrogens (tertiary/aromatic N) is 1. The van der Waals surface area contributed by atoms with Gasteiger partial charge in [0.05, 0.1) is 9.88 Å². The fourth-order valence-corrected chi connectivity index (χ4v) is 2.91. The summed E-state index contributed by atoms with van der Waals surface area (Å²) in [5.74, 6) is -0.960. The molecule has 2 heterocycles. The lowest BCUT2D eigenvalue weighted by Gasteiger charge is -1.92. The molecule has 1 N–H and O–H groups in total. The molecule has 3 nitrogen and oxygen atoms in total. The Bertz CT molecular complexity index is 459. The summed E-state index contributed by atoms with van der Waals surface area (Å²) in [7, 11) is 0. The van der Waals surface area contributed by atoms with Crippen LogP contribution in [0.1, 0.15) is 15.5 Å². The van der Waals surface area contributed by atoms with Gasteiger partial charge in [-0.3, -0.25) is 0 Å². The first-order valence-corrected chi connectivity index (χ1v) is 5.62. The van der Waals surface area contributed by atoms with E-state index in [1.165, 1.54) is 22.7 Å². The van der Waals surface area contributed by atoms with Gasteiger partial charge in [-0.1, -0.05) is 6.07 Å². The number of aryl methyl sites for hydroxylation is 1. The second-order valence-corrected chi connectivity index (χ2v) is 4.84. The van der Waals surface area contributed by atoms with Crippen molar-refractivity contribution < 1.29 is 9.90 Å². The van der Waals surface area contributed by atoms with Crippen molar-refractivity contribution in [2.24, 2.45) is 0 Å². The zero-order valence-electron chi connectivity index (χ0n) is 7.35. The molecule has 72 valence electrons. The van der Waals surface area contributed by atoms with Gasteiger partial charge in [-0.15, -0.1) is 22.7 Å². The fraction of sp³-hybridized carbons (Fsp3) is 0.111. The van der Waals surface area contributed by atoms with Gasteiger partial charge < -0.3 is 5.11 Å². The fourth-order valence-electron chi connectivity index (χ4n) is 1.15. The molecule has 0 atom stereocenters. The SMILES string of the molecule is Cc1nc(C(=O)O)c(-c2cccs2)s1. The monoisotopic (exact) mass is 225 g/mol. The van der Waals surface area contributed by atoms with Crippen molar-refractivity contribution in [2.75, 3.05) is 0 Å². The topological polar surface area (TPSA) is 50.2 Å². The largest absolute Gasteiger partial charge is 0.476 e. The molecule has 2 aromatic heterocycles. The predicted molar refractivity (Wildman–Crippen MR) is 57.1 cm³/mol. The van der Waals surface area contributed by atoms with E-state index in [9.17, 15) is 4.79 Å². The molecule has 2 aromatic rings. The van der Waals surface area contributed by atoms with Crippen molar-refractivity contribution in [1.29, 1.82) is 0 Å². The summed E-state index contributed by atoms with van der Waals surface area (Å²) in [4.78, 5) is 16.6. The molecule has 0 unspecified atom stereocenters. The third-order valence-electron chi connectivity index (χ3n) is 1.68. The smallest absolute Gasteiger partial charge is 0.356 e. The number of hydrogen-bond acceptors (Lipinski definition) is 4. The van der Waals surface area contributed by atoms with Gasteiger partial charge in [-0.25, -0.2) is 9.78 Å². The number of carboxylic acids is 1. The Balaban J connectivity index is 2.58. The molecule has 5 heteroatoms. The van der Waals surface area contributed by atoms with E-state index in [1.54, 1.807) is 0 Å². The molecule has 0 radical (unpaired) electrons. The van der Waals surface area contributed by atoms with E-state index in [0.29, 0.717) is 0 Å². The van der Waals surface area contributed by atoms with Gasteiger partial charge >= 0.3 is 5.97 Å². The molecule has 0 spiro atoms. The molecule has 0 aromatic carbocycles. The van der Waals surface area contributed by atoms with Gasteiger partial charge in [-0.05, 0) is 18.4 Å². The molecule has 0 amide bonds. The Morgan fingerprint density at radius 2 is 2.36 bits per heavy atom. The Morgan fingerprint density at radius 3 is 2.93 bits per heavy atom. The third kappa shape index (κ3) is 1.56. The highest BCUT2D eigenvalue weighted by atomic mass is 32.1. The van der Waals surface area contributed by atoms with E-state index in [2.05, 4.69) is 4.98 Å². The molecule has 2 rings (SSSR count). The van der Waals surface area contributed by atoms with Crippen LogP contribution in [0.3, 0.4) is 0 Å². The van der Waals surface area contributed by atoms with Crippen LogP contribution in [0.15, 0.2) is 17.5 Å². The van der Waals surface area contributed by atoms with Gasteiger partial charge in [0.1, 0.15) is 0 Å². The van der Waals surface area contributed by atoms with Crippen molar-refractivity contribution in [3.05, 3.63) is 28.2 Å². The first-order chi connectivity index (χ1) is 6.68. The Morgan fingerprint density at radius 1 is 1.57 bits per heavy atom. The van der Waals surface area contributed by atoms with Gasteiger partial charge in [0, 0.05) is 4.88 Å². The van der Waals surface area contributed by atoms with E-state index >= 15 is 0 Å². The number of hydrogen-bond donors (Lipinski definition) is 1. The van der Waals surface area contributed by atoms with Gasteiger partial charge in [0.25, 0.3) is 0 Å². The molecule has 0 aliphatic rings. The Labute approximate surface area is 88.7 Å². The van der Waals surface area contributed by atoms with Gasteiger partial charge in [0.2, 0.25) is 0 Å². The molecule has 0 bridgehead atoms. The molecular weight excluding hydrogens is 218 g/mol. The number of aromatic nitrogens is 1. The van der Waals surface area contributed by atoms with Crippen molar-refractivity contribution in [3.8, 4) is 9.75 Å². The first kappa shape index (κ1) is 9.36. The summed E-state index contributed by atoms with van der Waals surface area (Å²) in [6, 6.07) is 3.81. The van der Waals surface area contributed by atoms with E-state index in [4.69, 9.17) is 5.11 Å². The van der Waals surface area contributed by atoms with Gasteiger partial charge in [0.15, 0.2) is 5.69 Å². The van der Waals surface area contributed by atoms with Crippen molar-refractivity contribution in [1.82, 2.24) is 4.98 Å². The summed E-state index contributed by atoms with van der Waals surface area (Å²) in [6.45, 7) is 1.81. The highest BCUT2D eigenvalue weighted by Gasteiger charge is 2.17. The number of aromatic carboxylic acids is 1. The quantitative estimate of drug-likeness (QED) is 0.855. The van der Waals surface area contributed by atoms with Crippen LogP contribution in [-0.4, -0.2) is 16.1 Å². The van der Waals surface area contributed by atoms with E-state index in [-0.39, 0.29) is 5.69 Å². The minimum absolute atomic E-state index is 0.162. The molecule has 0 fully saturated rings. The maximum absolute atomic E-state index is 10.9. The van der Waals surface area contributed by atoms with Crippen molar-refractivity contribution in [2.45, 2.75) is 6.92 Å². The number of carbonyl (C=O) groups is 1. The van der Waals surface area contributed by atoms with Crippen LogP contribution >= 0.6 is 22.7 Å². The lowest BCUT2D eigenvalue weighted by atomic mass is 10.3. The van der Waals surface area contributed by atoms with Crippen LogP contribution < -0.4 is 0 Å². The summed E-state index contributed by atoms with van der Waals surface area (Å²) in [5.41, 5.74) is 0.162. The standard InChI is InChI=1S/C9H7NO2S2/c1-5-10-7(9(11)12)8(14-5)6-3-2-4-13-6/h2-4H,1H3,(H,11,12). The zero-order valence-corrected chi connectivity index (χ0v) is 8.98. The van der Waals surface area contributed by atoms with Crippen LogP contribution in [0.2, 0.25) is 0 Å².